The number of carbonyl (C=O) groups excluding carboxylic acids is 3. The van der Waals surface area contributed by atoms with E-state index in [0.29, 0.717) is 5.39 Å². The van der Waals surface area contributed by atoms with Gasteiger partial charge in [0, 0.05) is 43.8 Å². The summed E-state index contributed by atoms with van der Waals surface area (Å²) < 4.78 is 1.75. The summed E-state index contributed by atoms with van der Waals surface area (Å²) in [5, 5.41) is 9.33. The highest BCUT2D eigenvalue weighted by Crippen LogP contribution is 2.23. The minimum atomic E-state index is -0.652. The molecule has 0 bridgehead atoms. The van der Waals surface area contributed by atoms with Gasteiger partial charge in [-0.15, -0.1) is 0 Å². The van der Waals surface area contributed by atoms with Crippen LogP contribution in [0.5, 0.6) is 0 Å². The van der Waals surface area contributed by atoms with Crippen molar-refractivity contribution in [3.63, 3.8) is 0 Å². The van der Waals surface area contributed by atoms with Gasteiger partial charge in [0.05, 0.1) is 18.1 Å². The quantitative estimate of drug-likeness (QED) is 0.568. The third-order valence-electron chi connectivity index (χ3n) is 5.15. The summed E-state index contributed by atoms with van der Waals surface area (Å²) in [5.41, 5.74) is 1.04. The molecule has 3 rings (SSSR count). The normalized spacial score (nSPS) is 13.9. The van der Waals surface area contributed by atoms with Crippen LogP contribution in [0.25, 0.3) is 10.9 Å². The Morgan fingerprint density at radius 2 is 1.86 bits per heavy atom. The molecule has 146 valence electrons. The van der Waals surface area contributed by atoms with Gasteiger partial charge in [0.2, 0.25) is 5.91 Å². The Balaban J connectivity index is 1.86. The number of Topliss-reactive ketones (excluding diaryl/α,β-unsaturated/α-hetero) is 1. The van der Waals surface area contributed by atoms with Crippen molar-refractivity contribution in [2.45, 2.75) is 32.2 Å². The Morgan fingerprint density at radius 1 is 1.14 bits per heavy atom. The average molecular weight is 380 g/mol. The topological polar surface area (TPSA) is 86.4 Å². The number of likely N-dealkylation sites (N-methyl/N-ethyl adjacent to an activating group) is 1. The lowest BCUT2D eigenvalue weighted by atomic mass is 10.1. The number of likely N-dealkylation sites (tertiary alicyclic amines) is 1. The zero-order chi connectivity index (χ0) is 20.1. The van der Waals surface area contributed by atoms with E-state index in [1.165, 1.54) is 11.9 Å². The average Bonchev–Trinajstić information content (AvgIpc) is 3.10. The van der Waals surface area contributed by atoms with Gasteiger partial charge in [-0.3, -0.25) is 14.4 Å². The largest absolute Gasteiger partial charge is 0.341 e. The smallest absolute Gasteiger partial charge is 0.294 e. The molecule has 1 aliphatic heterocycles. The molecule has 0 unspecified atom stereocenters. The Labute approximate surface area is 164 Å². The predicted octanol–water partition coefficient (Wildman–Crippen LogP) is 2.21. The number of nitrogens with zero attached hydrogens (tertiary/aromatic N) is 4. The van der Waals surface area contributed by atoms with Crippen molar-refractivity contribution in [1.82, 2.24) is 14.4 Å². The number of aromatic nitrogens is 1. The second-order valence-corrected chi connectivity index (χ2v) is 7.09. The third-order valence-corrected chi connectivity index (χ3v) is 5.15. The molecule has 7 heteroatoms. The Kier molecular flexibility index (Phi) is 6.09. The van der Waals surface area contributed by atoms with Crippen LogP contribution in [-0.4, -0.2) is 58.6 Å². The SMILES string of the molecule is CN(CCC#N)C(=O)C(=O)c1cn(CC(=O)N2CCCCC2)c2ccccc12. The first-order chi connectivity index (χ1) is 13.5. The van der Waals surface area contributed by atoms with Crippen molar-refractivity contribution in [2.24, 2.45) is 0 Å². The van der Waals surface area contributed by atoms with E-state index in [-0.39, 0.29) is 31.0 Å². The summed E-state index contributed by atoms with van der Waals surface area (Å²) in [4.78, 5) is 41.0. The molecule has 2 amide bonds. The fourth-order valence-electron chi connectivity index (χ4n) is 3.56. The first-order valence-electron chi connectivity index (χ1n) is 9.55. The highest BCUT2D eigenvalue weighted by Gasteiger charge is 2.25. The second-order valence-electron chi connectivity index (χ2n) is 7.09. The van der Waals surface area contributed by atoms with Crippen molar-refractivity contribution >= 4 is 28.5 Å². The number of hydrogen-bond acceptors (Lipinski definition) is 4. The van der Waals surface area contributed by atoms with E-state index in [4.69, 9.17) is 5.26 Å². The van der Waals surface area contributed by atoms with Crippen LogP contribution in [0.2, 0.25) is 0 Å². The number of rotatable bonds is 6. The maximum atomic E-state index is 12.8. The molecule has 0 aliphatic carbocycles. The number of ketones is 1. The molecule has 2 heterocycles. The molecule has 0 atom stereocenters. The summed E-state index contributed by atoms with van der Waals surface area (Å²) >= 11 is 0. The number of amides is 2. The molecule has 1 aliphatic rings. The van der Waals surface area contributed by atoms with Gasteiger partial charge in [-0.05, 0) is 25.3 Å². The van der Waals surface area contributed by atoms with Crippen LogP contribution < -0.4 is 0 Å². The van der Waals surface area contributed by atoms with Crippen molar-refractivity contribution < 1.29 is 14.4 Å². The number of fused-ring (bicyclic) bond motifs is 1. The van der Waals surface area contributed by atoms with Crippen LogP contribution in [0, 0.1) is 11.3 Å². The van der Waals surface area contributed by atoms with Gasteiger partial charge in [-0.25, -0.2) is 0 Å². The van der Waals surface area contributed by atoms with Crippen LogP contribution in [0.4, 0.5) is 0 Å². The molecule has 1 fully saturated rings. The van der Waals surface area contributed by atoms with Gasteiger partial charge >= 0.3 is 0 Å². The number of carbonyl (C=O) groups is 3. The lowest BCUT2D eigenvalue weighted by molar-refractivity contribution is -0.132. The van der Waals surface area contributed by atoms with Crippen LogP contribution >= 0.6 is 0 Å². The van der Waals surface area contributed by atoms with Gasteiger partial charge < -0.3 is 14.4 Å². The predicted molar refractivity (Wildman–Crippen MR) is 105 cm³/mol. The number of piperidine rings is 1. The Hall–Kier alpha value is -3.14. The van der Waals surface area contributed by atoms with E-state index in [9.17, 15) is 14.4 Å². The van der Waals surface area contributed by atoms with Crippen LogP contribution in [0.3, 0.4) is 0 Å². The van der Waals surface area contributed by atoms with Gasteiger partial charge in [-0.2, -0.15) is 5.26 Å². The molecule has 1 saturated heterocycles. The zero-order valence-electron chi connectivity index (χ0n) is 16.1. The molecular formula is C21H24N4O3. The molecule has 2 aromatic rings. The van der Waals surface area contributed by atoms with Crippen LogP contribution in [-0.2, 0) is 16.1 Å². The zero-order valence-corrected chi connectivity index (χ0v) is 16.1. The molecule has 0 saturated carbocycles. The van der Waals surface area contributed by atoms with Crippen LogP contribution in [0.1, 0.15) is 36.0 Å². The minimum Gasteiger partial charge on any atom is -0.341 e. The molecule has 1 aromatic carbocycles. The van der Waals surface area contributed by atoms with E-state index in [1.54, 1.807) is 22.9 Å². The van der Waals surface area contributed by atoms with Crippen LogP contribution in [0.15, 0.2) is 30.5 Å². The first-order valence-corrected chi connectivity index (χ1v) is 9.55. The monoisotopic (exact) mass is 380 g/mol. The summed E-state index contributed by atoms with van der Waals surface area (Å²) in [7, 11) is 1.51. The Bertz CT molecular complexity index is 935. The highest BCUT2D eigenvalue weighted by molar-refractivity contribution is 6.44. The van der Waals surface area contributed by atoms with Crippen molar-refractivity contribution in [3.8, 4) is 6.07 Å². The number of hydrogen-bond donors (Lipinski definition) is 0. The molecule has 7 nitrogen and oxygen atoms in total. The molecule has 0 N–H and O–H groups in total. The standard InChI is InChI=1S/C21H24N4O3/c1-23(11-7-10-22)21(28)20(27)17-14-25(18-9-4-3-8-16(17)18)15-19(26)24-12-5-2-6-13-24/h3-4,8-9,14H,2,5-7,11-13,15H2,1H3. The summed E-state index contributed by atoms with van der Waals surface area (Å²) in [6.07, 6.45) is 4.96. The second kappa shape index (κ2) is 8.70. The lowest BCUT2D eigenvalue weighted by Crippen LogP contribution is -2.37. The van der Waals surface area contributed by atoms with E-state index in [1.807, 2.05) is 23.1 Å². The van der Waals surface area contributed by atoms with E-state index in [2.05, 4.69) is 0 Å². The third kappa shape index (κ3) is 4.06. The Morgan fingerprint density at radius 3 is 2.57 bits per heavy atom. The number of para-hydroxylation sites is 1. The number of benzene rings is 1. The summed E-state index contributed by atoms with van der Waals surface area (Å²) in [5.74, 6) is -1.25. The lowest BCUT2D eigenvalue weighted by Gasteiger charge is -2.27. The van der Waals surface area contributed by atoms with Gasteiger partial charge in [0.15, 0.2) is 0 Å². The van der Waals surface area contributed by atoms with Crippen molar-refractivity contribution in [3.05, 3.63) is 36.0 Å². The molecule has 1 aromatic heterocycles. The fraction of sp³-hybridized carbons (Fsp3) is 0.429. The summed E-state index contributed by atoms with van der Waals surface area (Å²) in [6, 6.07) is 9.25. The summed E-state index contributed by atoms with van der Waals surface area (Å²) in [6.45, 7) is 1.89. The molecule has 28 heavy (non-hydrogen) atoms. The maximum absolute atomic E-state index is 12.8. The fourth-order valence-corrected chi connectivity index (χ4v) is 3.56. The van der Waals surface area contributed by atoms with E-state index < -0.39 is 11.7 Å². The maximum Gasteiger partial charge on any atom is 0.294 e. The highest BCUT2D eigenvalue weighted by atomic mass is 16.2. The van der Waals surface area contributed by atoms with Gasteiger partial charge in [0.1, 0.15) is 6.54 Å². The van der Waals surface area contributed by atoms with Crippen molar-refractivity contribution in [2.75, 3.05) is 26.7 Å². The van der Waals surface area contributed by atoms with Crippen molar-refractivity contribution in [1.29, 1.82) is 5.26 Å². The molecule has 0 spiro atoms. The molecular weight excluding hydrogens is 356 g/mol. The van der Waals surface area contributed by atoms with Gasteiger partial charge in [-0.1, -0.05) is 18.2 Å². The molecule has 0 radical (unpaired) electrons. The minimum absolute atomic E-state index is 0.0249. The number of nitriles is 1. The van der Waals surface area contributed by atoms with Gasteiger partial charge in [0.25, 0.3) is 11.7 Å². The van der Waals surface area contributed by atoms with E-state index in [0.717, 1.165) is 37.9 Å². The van der Waals surface area contributed by atoms with E-state index >= 15 is 0 Å². The first kappa shape index (κ1) is 19.6.